The molecule has 1 aromatic rings. The molecule has 0 aromatic heterocycles. The van der Waals surface area contributed by atoms with Gasteiger partial charge in [0.15, 0.2) is 0 Å². The van der Waals surface area contributed by atoms with E-state index in [1.807, 2.05) is 6.92 Å². The van der Waals surface area contributed by atoms with E-state index in [0.717, 1.165) is 5.56 Å². The summed E-state index contributed by atoms with van der Waals surface area (Å²) in [5, 5.41) is 8.90. The molecule has 1 rings (SSSR count). The van der Waals surface area contributed by atoms with Gasteiger partial charge in [0.2, 0.25) is 0 Å². The third kappa shape index (κ3) is 3.48. The molecular weight excluding hydrogens is 234 g/mol. The second kappa shape index (κ2) is 5.08. The number of carboxylic acids is 1. The van der Waals surface area contributed by atoms with Crippen molar-refractivity contribution in [3.8, 4) is 0 Å². The molecule has 0 bridgehead atoms. The number of aliphatic carboxylic acids is 1. The molecule has 0 fully saturated rings. The number of nitrogens with two attached hydrogens (primary N) is 1. The van der Waals surface area contributed by atoms with Crippen molar-refractivity contribution in [2.75, 3.05) is 12.3 Å². The summed E-state index contributed by atoms with van der Waals surface area (Å²) in [6, 6.07) is 4.88. The maximum Gasteiger partial charge on any atom is 0.338 e. The molecule has 0 saturated carbocycles. The van der Waals surface area contributed by atoms with Crippen LogP contribution in [0, 0.1) is 12.3 Å². The van der Waals surface area contributed by atoms with Crippen molar-refractivity contribution in [1.82, 2.24) is 0 Å². The third-order valence-corrected chi connectivity index (χ3v) is 2.48. The summed E-state index contributed by atoms with van der Waals surface area (Å²) in [5.74, 6) is -1.58. The van der Waals surface area contributed by atoms with Crippen molar-refractivity contribution in [3.63, 3.8) is 0 Å². The van der Waals surface area contributed by atoms with Crippen LogP contribution in [0.1, 0.15) is 29.8 Å². The Morgan fingerprint density at radius 1 is 1.33 bits per heavy atom. The van der Waals surface area contributed by atoms with Crippen LogP contribution >= 0.6 is 0 Å². The highest BCUT2D eigenvalue weighted by Crippen LogP contribution is 2.18. The Morgan fingerprint density at radius 2 is 1.94 bits per heavy atom. The number of benzene rings is 1. The van der Waals surface area contributed by atoms with E-state index >= 15 is 0 Å². The Morgan fingerprint density at radius 3 is 2.44 bits per heavy atom. The predicted octanol–water partition coefficient (Wildman–Crippen LogP) is 1.84. The molecular formula is C13H17NO4. The maximum atomic E-state index is 11.7. The number of anilines is 1. The van der Waals surface area contributed by atoms with Gasteiger partial charge in [-0.25, -0.2) is 4.79 Å². The number of nitrogen functional groups attached to an aromatic ring is 1. The highest BCUT2D eigenvalue weighted by Gasteiger charge is 2.29. The van der Waals surface area contributed by atoms with Crippen LogP contribution in [0.15, 0.2) is 18.2 Å². The van der Waals surface area contributed by atoms with Gasteiger partial charge in [0.25, 0.3) is 0 Å². The smallest absolute Gasteiger partial charge is 0.338 e. The highest BCUT2D eigenvalue weighted by atomic mass is 16.5. The lowest BCUT2D eigenvalue weighted by Gasteiger charge is -2.18. The van der Waals surface area contributed by atoms with Crippen molar-refractivity contribution in [2.24, 2.45) is 5.41 Å². The van der Waals surface area contributed by atoms with Crippen molar-refractivity contribution in [1.29, 1.82) is 0 Å². The summed E-state index contributed by atoms with van der Waals surface area (Å²) in [6.07, 6.45) is 0. The van der Waals surface area contributed by atoms with E-state index in [9.17, 15) is 9.59 Å². The summed E-state index contributed by atoms with van der Waals surface area (Å²) in [5.41, 5.74) is 6.17. The van der Waals surface area contributed by atoms with Crippen LogP contribution < -0.4 is 5.73 Å². The highest BCUT2D eigenvalue weighted by molar-refractivity contribution is 5.91. The quantitative estimate of drug-likeness (QED) is 0.629. The molecule has 5 nitrogen and oxygen atoms in total. The minimum absolute atomic E-state index is 0.186. The number of carbonyl (C=O) groups excluding carboxylic acids is 1. The third-order valence-electron chi connectivity index (χ3n) is 2.48. The van der Waals surface area contributed by atoms with Crippen LogP contribution in [-0.2, 0) is 9.53 Å². The van der Waals surface area contributed by atoms with Gasteiger partial charge < -0.3 is 15.6 Å². The second-order valence-corrected chi connectivity index (χ2v) is 4.90. The predicted molar refractivity (Wildman–Crippen MR) is 67.3 cm³/mol. The van der Waals surface area contributed by atoms with Gasteiger partial charge in [-0.1, -0.05) is 0 Å². The number of hydrogen-bond acceptors (Lipinski definition) is 4. The van der Waals surface area contributed by atoms with E-state index < -0.39 is 17.4 Å². The molecule has 0 aliphatic rings. The Bertz CT molecular complexity index is 460. The Labute approximate surface area is 106 Å². The topological polar surface area (TPSA) is 89.6 Å². The molecule has 0 atom stereocenters. The second-order valence-electron chi connectivity index (χ2n) is 4.90. The fourth-order valence-corrected chi connectivity index (χ4v) is 1.32. The van der Waals surface area contributed by atoms with Gasteiger partial charge in [0.05, 0.1) is 11.0 Å². The number of rotatable bonds is 4. The van der Waals surface area contributed by atoms with Gasteiger partial charge >= 0.3 is 11.9 Å². The SMILES string of the molecule is Cc1cc(N)cc(C(=O)OCC(C)(C)C(=O)O)c1. The summed E-state index contributed by atoms with van der Waals surface area (Å²) in [7, 11) is 0. The minimum atomic E-state index is -1.11. The van der Waals surface area contributed by atoms with Gasteiger partial charge in [0.1, 0.15) is 6.61 Å². The van der Waals surface area contributed by atoms with Crippen molar-refractivity contribution in [2.45, 2.75) is 20.8 Å². The Balaban J connectivity index is 2.75. The molecule has 0 amide bonds. The molecule has 0 unspecified atom stereocenters. The number of carbonyl (C=O) groups is 2. The first-order valence-electron chi connectivity index (χ1n) is 5.50. The molecule has 1 aromatic carbocycles. The van der Waals surface area contributed by atoms with E-state index in [-0.39, 0.29) is 6.61 Å². The average molecular weight is 251 g/mol. The molecule has 0 heterocycles. The van der Waals surface area contributed by atoms with Crippen LogP contribution in [0.5, 0.6) is 0 Å². The minimum Gasteiger partial charge on any atom is -0.481 e. The van der Waals surface area contributed by atoms with E-state index in [1.54, 1.807) is 12.1 Å². The van der Waals surface area contributed by atoms with Crippen LogP contribution in [0.4, 0.5) is 5.69 Å². The first kappa shape index (κ1) is 14.0. The Kier molecular flexibility index (Phi) is 3.96. The van der Waals surface area contributed by atoms with Crippen LogP contribution in [0.3, 0.4) is 0 Å². The first-order chi connectivity index (χ1) is 8.22. The molecule has 0 saturated heterocycles. The molecule has 0 radical (unpaired) electrons. The molecule has 98 valence electrons. The van der Waals surface area contributed by atoms with Gasteiger partial charge in [-0.15, -0.1) is 0 Å². The lowest BCUT2D eigenvalue weighted by Crippen LogP contribution is -2.30. The van der Waals surface area contributed by atoms with E-state index in [2.05, 4.69) is 0 Å². The first-order valence-corrected chi connectivity index (χ1v) is 5.50. The van der Waals surface area contributed by atoms with Crippen molar-refractivity contribution < 1.29 is 19.4 Å². The maximum absolute atomic E-state index is 11.7. The zero-order chi connectivity index (χ0) is 13.9. The average Bonchev–Trinajstić information content (AvgIpc) is 2.24. The standard InChI is InChI=1S/C13H17NO4/c1-8-4-9(6-10(14)5-8)11(15)18-7-13(2,3)12(16)17/h4-6H,7,14H2,1-3H3,(H,16,17). The Hall–Kier alpha value is -2.04. The molecule has 3 N–H and O–H groups in total. The number of esters is 1. The zero-order valence-corrected chi connectivity index (χ0v) is 10.7. The van der Waals surface area contributed by atoms with E-state index in [0.29, 0.717) is 11.3 Å². The summed E-state index contributed by atoms with van der Waals surface area (Å²) in [6.45, 7) is 4.61. The summed E-state index contributed by atoms with van der Waals surface area (Å²) < 4.78 is 4.99. The van der Waals surface area contributed by atoms with Gasteiger partial charge in [0, 0.05) is 5.69 Å². The molecule has 0 spiro atoms. The monoisotopic (exact) mass is 251 g/mol. The van der Waals surface area contributed by atoms with Crippen molar-refractivity contribution >= 4 is 17.6 Å². The summed E-state index contributed by atoms with van der Waals surface area (Å²) >= 11 is 0. The van der Waals surface area contributed by atoms with Crippen LogP contribution in [0.25, 0.3) is 0 Å². The summed E-state index contributed by atoms with van der Waals surface area (Å²) in [4.78, 5) is 22.6. The molecule has 0 aliphatic heterocycles. The fraction of sp³-hybridized carbons (Fsp3) is 0.385. The van der Waals surface area contributed by atoms with Crippen molar-refractivity contribution in [3.05, 3.63) is 29.3 Å². The molecule has 5 heteroatoms. The lowest BCUT2D eigenvalue weighted by atomic mass is 9.95. The normalized spacial score (nSPS) is 11.1. The van der Waals surface area contributed by atoms with Crippen LogP contribution in [0.2, 0.25) is 0 Å². The van der Waals surface area contributed by atoms with Gasteiger partial charge in [-0.05, 0) is 44.5 Å². The largest absolute Gasteiger partial charge is 0.481 e. The van der Waals surface area contributed by atoms with Gasteiger partial charge in [-0.2, -0.15) is 0 Å². The number of hydrogen-bond donors (Lipinski definition) is 2. The fourth-order valence-electron chi connectivity index (χ4n) is 1.32. The lowest BCUT2D eigenvalue weighted by molar-refractivity contribution is -0.149. The molecule has 0 aliphatic carbocycles. The number of aryl methyl sites for hydroxylation is 1. The zero-order valence-electron chi connectivity index (χ0n) is 10.7. The number of ether oxygens (including phenoxy) is 1. The van der Waals surface area contributed by atoms with E-state index in [4.69, 9.17) is 15.6 Å². The van der Waals surface area contributed by atoms with E-state index in [1.165, 1.54) is 19.9 Å². The number of carboxylic acid groups (broad SMARTS) is 1. The van der Waals surface area contributed by atoms with Gasteiger partial charge in [-0.3, -0.25) is 4.79 Å². The molecule has 18 heavy (non-hydrogen) atoms. The van der Waals surface area contributed by atoms with Crippen LogP contribution in [-0.4, -0.2) is 23.7 Å².